The molecule has 4 aromatic carbocycles. The zero-order chi connectivity index (χ0) is 29.2. The van der Waals surface area contributed by atoms with Gasteiger partial charge in [-0.3, -0.25) is 14.4 Å². The van der Waals surface area contributed by atoms with E-state index >= 15 is 0 Å². The second-order valence-electron chi connectivity index (χ2n) is 10.7. The molecule has 4 aromatic rings. The van der Waals surface area contributed by atoms with Crippen LogP contribution < -0.4 is 14.4 Å². The van der Waals surface area contributed by atoms with Crippen LogP contribution >= 0.6 is 0 Å². The summed E-state index contributed by atoms with van der Waals surface area (Å²) in [6.45, 7) is 0. The molecule has 0 amide bonds. The van der Waals surface area contributed by atoms with Crippen LogP contribution in [0.5, 0.6) is 11.5 Å². The number of fused-ring (bicyclic) bond motifs is 5. The molecule has 1 fully saturated rings. The van der Waals surface area contributed by atoms with Gasteiger partial charge in [-0.05, 0) is 36.4 Å². The predicted molar refractivity (Wildman–Crippen MR) is 156 cm³/mol. The number of hydrogen-bond donors (Lipinski definition) is 0. The fourth-order valence-corrected chi connectivity index (χ4v) is 7.15. The Balaban J connectivity index is 1.59. The van der Waals surface area contributed by atoms with E-state index in [-0.39, 0.29) is 17.3 Å². The topological polar surface area (TPSA) is 72.9 Å². The van der Waals surface area contributed by atoms with Crippen LogP contribution in [0.15, 0.2) is 97.1 Å². The molecule has 7 rings (SSSR count). The SMILES string of the molecule is COc1ccc(OC)c([C@@H]2[C@@H](C(=O)c3ccccc3)N3c4ccc(F)cc4C=C[C@@H]3C23C(=O)c2ccccc2C3=O)c1. The van der Waals surface area contributed by atoms with Gasteiger partial charge in [0.1, 0.15) is 28.8 Å². The highest BCUT2D eigenvalue weighted by Crippen LogP contribution is 2.62. The van der Waals surface area contributed by atoms with Crippen molar-refractivity contribution in [3.8, 4) is 11.5 Å². The van der Waals surface area contributed by atoms with E-state index in [2.05, 4.69) is 0 Å². The molecule has 0 N–H and O–H groups in total. The Labute approximate surface area is 242 Å². The van der Waals surface area contributed by atoms with Gasteiger partial charge in [-0.25, -0.2) is 4.39 Å². The van der Waals surface area contributed by atoms with Gasteiger partial charge in [0.25, 0.3) is 0 Å². The highest BCUT2D eigenvalue weighted by molar-refractivity contribution is 6.32. The minimum atomic E-state index is -1.71. The number of rotatable bonds is 5. The highest BCUT2D eigenvalue weighted by Gasteiger charge is 2.72. The van der Waals surface area contributed by atoms with Gasteiger partial charge >= 0.3 is 0 Å². The van der Waals surface area contributed by atoms with Gasteiger partial charge in [0.2, 0.25) is 0 Å². The number of halogens is 1. The Morgan fingerprint density at radius 2 is 1.52 bits per heavy atom. The highest BCUT2D eigenvalue weighted by atomic mass is 19.1. The van der Waals surface area contributed by atoms with Crippen LogP contribution in [0.2, 0.25) is 0 Å². The lowest BCUT2D eigenvalue weighted by atomic mass is 9.64. The van der Waals surface area contributed by atoms with Crippen molar-refractivity contribution in [3.63, 3.8) is 0 Å². The fourth-order valence-electron chi connectivity index (χ4n) is 7.15. The molecule has 2 aliphatic heterocycles. The van der Waals surface area contributed by atoms with Crippen LogP contribution in [0.1, 0.15) is 48.1 Å². The van der Waals surface area contributed by atoms with Gasteiger partial charge in [0.05, 0.1) is 20.3 Å². The summed E-state index contributed by atoms with van der Waals surface area (Å²) < 4.78 is 25.8. The number of hydrogen-bond acceptors (Lipinski definition) is 6. The van der Waals surface area contributed by atoms with E-state index in [1.807, 2.05) is 11.0 Å². The summed E-state index contributed by atoms with van der Waals surface area (Å²) in [5.74, 6) is -1.47. The maximum absolute atomic E-state index is 14.8. The Morgan fingerprint density at radius 3 is 2.19 bits per heavy atom. The molecule has 0 radical (unpaired) electrons. The summed E-state index contributed by atoms with van der Waals surface area (Å²) in [6.07, 6.45) is 3.50. The largest absolute Gasteiger partial charge is 0.497 e. The smallest absolute Gasteiger partial charge is 0.185 e. The van der Waals surface area contributed by atoms with Crippen molar-refractivity contribution in [2.24, 2.45) is 5.41 Å². The van der Waals surface area contributed by atoms with Gasteiger partial charge in [-0.1, -0.05) is 66.7 Å². The Morgan fingerprint density at radius 1 is 0.833 bits per heavy atom. The first-order valence-corrected chi connectivity index (χ1v) is 13.7. The fraction of sp³-hybridized carbons (Fsp3) is 0.171. The molecule has 42 heavy (non-hydrogen) atoms. The average molecular weight is 560 g/mol. The third kappa shape index (κ3) is 3.40. The minimum Gasteiger partial charge on any atom is -0.497 e. The number of ether oxygens (including phenoxy) is 2. The standard InChI is InChI=1S/C35H26FNO5/c1-41-23-14-16-28(42-2)26(19-23)30-31(32(38)20-8-4-3-5-9-20)37-27-15-13-22(36)18-21(27)12-17-29(37)35(30)33(39)24-10-6-7-11-25(24)34(35)40/h3-19,29-31H,1-2H3/t29-,30-,31+/m1/s1. The van der Waals surface area contributed by atoms with Gasteiger partial charge in [-0.15, -0.1) is 0 Å². The molecular weight excluding hydrogens is 533 g/mol. The van der Waals surface area contributed by atoms with Crippen molar-refractivity contribution in [1.82, 2.24) is 0 Å². The molecule has 0 aromatic heterocycles. The molecule has 3 atom stereocenters. The van der Waals surface area contributed by atoms with Crippen molar-refractivity contribution < 1.29 is 28.2 Å². The molecule has 208 valence electrons. The van der Waals surface area contributed by atoms with Crippen LogP contribution in [-0.4, -0.2) is 43.7 Å². The molecule has 7 heteroatoms. The molecule has 0 bridgehead atoms. The lowest BCUT2D eigenvalue weighted by Crippen LogP contribution is -2.48. The van der Waals surface area contributed by atoms with E-state index < -0.39 is 29.2 Å². The van der Waals surface area contributed by atoms with E-state index in [0.717, 1.165) is 0 Å². The van der Waals surface area contributed by atoms with Crippen LogP contribution in [0, 0.1) is 11.2 Å². The maximum Gasteiger partial charge on any atom is 0.185 e. The zero-order valence-corrected chi connectivity index (χ0v) is 22.9. The molecule has 0 unspecified atom stereocenters. The predicted octanol–water partition coefficient (Wildman–Crippen LogP) is 6.16. The molecule has 3 aliphatic rings. The second-order valence-corrected chi connectivity index (χ2v) is 10.7. The van der Waals surface area contributed by atoms with E-state index in [4.69, 9.17) is 9.47 Å². The van der Waals surface area contributed by atoms with Crippen molar-refractivity contribution in [2.75, 3.05) is 19.1 Å². The molecule has 1 spiro atoms. The van der Waals surface area contributed by atoms with Crippen LogP contribution in [0.4, 0.5) is 10.1 Å². The van der Waals surface area contributed by atoms with Gasteiger partial charge in [-0.2, -0.15) is 0 Å². The first-order chi connectivity index (χ1) is 20.4. The lowest BCUT2D eigenvalue weighted by molar-refractivity contribution is 0.0664. The van der Waals surface area contributed by atoms with Crippen molar-refractivity contribution in [2.45, 2.75) is 18.0 Å². The van der Waals surface area contributed by atoms with Gasteiger partial charge < -0.3 is 14.4 Å². The Hall–Kier alpha value is -5.04. The molecule has 1 saturated heterocycles. The quantitative estimate of drug-likeness (QED) is 0.216. The summed E-state index contributed by atoms with van der Waals surface area (Å²) in [7, 11) is 3.04. The van der Waals surface area contributed by atoms with Gasteiger partial charge in [0.15, 0.2) is 17.3 Å². The van der Waals surface area contributed by atoms with Crippen LogP contribution in [0.25, 0.3) is 6.08 Å². The normalized spacial score (nSPS) is 21.2. The number of benzene rings is 4. The molecule has 6 nitrogen and oxygen atoms in total. The number of carbonyl (C=O) groups excluding carboxylic acids is 3. The van der Waals surface area contributed by atoms with Crippen LogP contribution in [0.3, 0.4) is 0 Å². The zero-order valence-electron chi connectivity index (χ0n) is 22.9. The maximum atomic E-state index is 14.8. The van der Waals surface area contributed by atoms with Crippen molar-refractivity contribution in [3.05, 3.63) is 131 Å². The molecule has 1 aliphatic carbocycles. The van der Waals surface area contributed by atoms with E-state index in [1.54, 1.807) is 84.9 Å². The number of methoxy groups -OCH3 is 2. The molecular formula is C35H26FNO5. The first-order valence-electron chi connectivity index (χ1n) is 13.7. The number of ketones is 3. The van der Waals surface area contributed by atoms with Crippen LogP contribution in [-0.2, 0) is 0 Å². The minimum absolute atomic E-state index is 0.269. The number of carbonyl (C=O) groups is 3. The summed E-state index contributed by atoms with van der Waals surface area (Å²) >= 11 is 0. The molecule has 2 heterocycles. The summed E-state index contributed by atoms with van der Waals surface area (Å²) in [4.78, 5) is 46.1. The second kappa shape index (κ2) is 9.52. The third-order valence-electron chi connectivity index (χ3n) is 8.86. The summed E-state index contributed by atoms with van der Waals surface area (Å²) in [5, 5.41) is 0. The van der Waals surface area contributed by atoms with Crippen molar-refractivity contribution in [1.29, 1.82) is 0 Å². The van der Waals surface area contributed by atoms with Crippen molar-refractivity contribution >= 4 is 29.1 Å². The van der Waals surface area contributed by atoms with Gasteiger partial charge in [0, 0.05) is 39.4 Å². The average Bonchev–Trinajstić information content (AvgIpc) is 3.46. The summed E-state index contributed by atoms with van der Waals surface area (Å²) in [6, 6.07) is 23.3. The number of Topliss-reactive ketones (excluding diaryl/α,β-unsaturated/α-hetero) is 3. The third-order valence-corrected chi connectivity index (χ3v) is 8.86. The molecule has 0 saturated carbocycles. The Kier molecular flexibility index (Phi) is 5.87. The summed E-state index contributed by atoms with van der Waals surface area (Å²) in [5.41, 5.74) is 0.993. The number of nitrogens with zero attached hydrogens (tertiary/aromatic N) is 1. The van der Waals surface area contributed by atoms with E-state index in [0.29, 0.717) is 45.0 Å². The monoisotopic (exact) mass is 559 g/mol. The number of anilines is 1. The first kappa shape index (κ1) is 25.9. The Bertz CT molecular complexity index is 1780. The van der Waals surface area contributed by atoms with E-state index in [1.165, 1.54) is 26.4 Å². The lowest BCUT2D eigenvalue weighted by Gasteiger charge is -2.37. The van der Waals surface area contributed by atoms with E-state index in [9.17, 15) is 18.8 Å².